The maximum Gasteiger partial charge on any atom is 0.325 e. The Bertz CT molecular complexity index is 579. The molecule has 0 aliphatic heterocycles. The summed E-state index contributed by atoms with van der Waals surface area (Å²) < 4.78 is 0.835. The molecule has 9 heteroatoms. The van der Waals surface area contributed by atoms with Crippen LogP contribution in [0.5, 0.6) is 0 Å². The van der Waals surface area contributed by atoms with Crippen LogP contribution in [0.15, 0.2) is 23.1 Å². The van der Waals surface area contributed by atoms with Gasteiger partial charge in [0.15, 0.2) is 0 Å². The third kappa shape index (κ3) is 3.91. The number of pyridine rings is 1. The smallest absolute Gasteiger partial charge is 0.325 e. The maximum absolute atomic E-state index is 11.5. The highest BCUT2D eigenvalue weighted by Crippen LogP contribution is 2.06. The van der Waals surface area contributed by atoms with Gasteiger partial charge in [0.1, 0.15) is 12.6 Å². The van der Waals surface area contributed by atoms with Crippen LogP contribution in [-0.4, -0.2) is 32.5 Å². The molecule has 1 atom stereocenters. The molecule has 0 saturated carbocycles. The standard InChI is InChI=1S/C10H11N3O6/c1-6(10(16)17)11-8(14)5-12-4-7(13(18)19)2-3-9(12)15/h2-4,6H,5H2,1H3,(H,11,14)(H,16,17)/t6-/m0/s1. The summed E-state index contributed by atoms with van der Waals surface area (Å²) in [5, 5.41) is 21.3. The first-order valence-corrected chi connectivity index (χ1v) is 5.18. The van der Waals surface area contributed by atoms with Gasteiger partial charge in [0.25, 0.3) is 11.2 Å². The summed E-state index contributed by atoms with van der Waals surface area (Å²) in [6.07, 6.45) is 0.924. The summed E-state index contributed by atoms with van der Waals surface area (Å²) in [6.45, 7) is 0.772. The summed E-state index contributed by atoms with van der Waals surface area (Å²) in [5.41, 5.74) is -0.928. The predicted octanol–water partition coefficient (Wildman–Crippen LogP) is -0.654. The Morgan fingerprint density at radius 1 is 1.53 bits per heavy atom. The van der Waals surface area contributed by atoms with Gasteiger partial charge < -0.3 is 10.4 Å². The Hall–Kier alpha value is -2.71. The van der Waals surface area contributed by atoms with Crippen molar-refractivity contribution in [1.29, 1.82) is 0 Å². The Kier molecular flexibility index (Phi) is 4.35. The van der Waals surface area contributed by atoms with Gasteiger partial charge in [-0.2, -0.15) is 0 Å². The number of carbonyl (C=O) groups is 2. The second-order valence-electron chi connectivity index (χ2n) is 3.74. The van der Waals surface area contributed by atoms with Crippen molar-refractivity contribution in [2.45, 2.75) is 19.5 Å². The van der Waals surface area contributed by atoms with Gasteiger partial charge in [-0.05, 0) is 6.92 Å². The second-order valence-corrected chi connectivity index (χ2v) is 3.74. The van der Waals surface area contributed by atoms with E-state index in [2.05, 4.69) is 5.32 Å². The van der Waals surface area contributed by atoms with E-state index in [-0.39, 0.29) is 5.69 Å². The van der Waals surface area contributed by atoms with Crippen molar-refractivity contribution in [3.8, 4) is 0 Å². The number of carboxylic acid groups (broad SMARTS) is 1. The molecule has 0 aliphatic rings. The average molecular weight is 269 g/mol. The van der Waals surface area contributed by atoms with Crippen molar-refractivity contribution in [1.82, 2.24) is 9.88 Å². The predicted molar refractivity (Wildman–Crippen MR) is 62.6 cm³/mol. The lowest BCUT2D eigenvalue weighted by Crippen LogP contribution is -2.41. The van der Waals surface area contributed by atoms with Crippen LogP contribution in [-0.2, 0) is 16.1 Å². The van der Waals surface area contributed by atoms with E-state index in [1.807, 2.05) is 0 Å². The highest BCUT2D eigenvalue weighted by atomic mass is 16.6. The molecule has 0 spiro atoms. The molecular weight excluding hydrogens is 258 g/mol. The van der Waals surface area contributed by atoms with E-state index in [0.29, 0.717) is 0 Å². The lowest BCUT2D eigenvalue weighted by atomic mass is 10.3. The molecule has 0 aliphatic carbocycles. The minimum Gasteiger partial charge on any atom is -0.480 e. The number of amides is 1. The molecule has 2 N–H and O–H groups in total. The normalized spacial score (nSPS) is 11.6. The average Bonchev–Trinajstić information content (AvgIpc) is 2.31. The molecule has 102 valence electrons. The Balaban J connectivity index is 2.84. The lowest BCUT2D eigenvalue weighted by Gasteiger charge is -2.10. The molecule has 0 unspecified atom stereocenters. The monoisotopic (exact) mass is 269 g/mol. The van der Waals surface area contributed by atoms with Crippen molar-refractivity contribution in [2.75, 3.05) is 0 Å². The highest BCUT2D eigenvalue weighted by Gasteiger charge is 2.15. The minimum atomic E-state index is -1.22. The number of carboxylic acids is 1. The summed E-state index contributed by atoms with van der Waals surface area (Å²) in [7, 11) is 0. The number of nitrogens with zero attached hydrogens (tertiary/aromatic N) is 2. The van der Waals surface area contributed by atoms with Crippen LogP contribution >= 0.6 is 0 Å². The van der Waals surface area contributed by atoms with Crippen molar-refractivity contribution >= 4 is 17.6 Å². The first kappa shape index (κ1) is 14.4. The molecule has 0 radical (unpaired) electrons. The van der Waals surface area contributed by atoms with E-state index in [1.165, 1.54) is 6.92 Å². The van der Waals surface area contributed by atoms with Crippen molar-refractivity contribution in [2.24, 2.45) is 0 Å². The molecule has 1 amide bonds. The largest absolute Gasteiger partial charge is 0.480 e. The summed E-state index contributed by atoms with van der Waals surface area (Å²) in [4.78, 5) is 43.2. The summed E-state index contributed by atoms with van der Waals surface area (Å²) in [5.74, 6) is -1.95. The minimum absolute atomic E-state index is 0.335. The number of rotatable bonds is 5. The number of nitro groups is 1. The zero-order chi connectivity index (χ0) is 14.6. The third-order valence-corrected chi connectivity index (χ3v) is 2.24. The number of hydrogen-bond acceptors (Lipinski definition) is 5. The van der Waals surface area contributed by atoms with E-state index in [0.717, 1.165) is 22.9 Å². The van der Waals surface area contributed by atoms with Crippen LogP contribution < -0.4 is 10.9 Å². The SMILES string of the molecule is C[C@H](NC(=O)Cn1cc([N+](=O)[O-])ccc1=O)C(=O)O. The number of aliphatic carboxylic acids is 1. The van der Waals surface area contributed by atoms with Crippen LogP contribution in [0.4, 0.5) is 5.69 Å². The van der Waals surface area contributed by atoms with E-state index in [9.17, 15) is 24.5 Å². The van der Waals surface area contributed by atoms with Gasteiger partial charge in [-0.3, -0.25) is 29.1 Å². The molecular formula is C10H11N3O6. The number of hydrogen-bond donors (Lipinski definition) is 2. The molecule has 9 nitrogen and oxygen atoms in total. The fourth-order valence-corrected chi connectivity index (χ4v) is 1.25. The van der Waals surface area contributed by atoms with E-state index in [1.54, 1.807) is 0 Å². The lowest BCUT2D eigenvalue weighted by molar-refractivity contribution is -0.385. The van der Waals surface area contributed by atoms with Gasteiger partial charge in [0.2, 0.25) is 5.91 Å². The van der Waals surface area contributed by atoms with Crippen molar-refractivity contribution < 1.29 is 19.6 Å². The van der Waals surface area contributed by atoms with Gasteiger partial charge in [-0.1, -0.05) is 0 Å². The number of carbonyl (C=O) groups excluding carboxylic acids is 1. The summed E-state index contributed by atoms with van der Waals surface area (Å²) in [6, 6.07) is 0.879. The number of aromatic nitrogens is 1. The molecule has 1 aromatic rings. The van der Waals surface area contributed by atoms with E-state index >= 15 is 0 Å². The summed E-state index contributed by atoms with van der Waals surface area (Å²) >= 11 is 0. The van der Waals surface area contributed by atoms with Crippen LogP contribution in [0.3, 0.4) is 0 Å². The number of nitrogens with one attached hydrogen (secondary N) is 1. The molecule has 1 rings (SSSR count). The Morgan fingerprint density at radius 2 is 2.16 bits per heavy atom. The van der Waals surface area contributed by atoms with Crippen LogP contribution in [0, 0.1) is 10.1 Å². The molecule has 19 heavy (non-hydrogen) atoms. The van der Waals surface area contributed by atoms with Gasteiger partial charge in [-0.15, -0.1) is 0 Å². The molecule has 1 aromatic heterocycles. The van der Waals surface area contributed by atoms with E-state index in [4.69, 9.17) is 5.11 Å². The van der Waals surface area contributed by atoms with E-state index < -0.39 is 34.9 Å². The first-order valence-electron chi connectivity index (χ1n) is 5.18. The molecule has 0 bridgehead atoms. The fraction of sp³-hybridized carbons (Fsp3) is 0.300. The molecule has 0 aromatic carbocycles. The van der Waals surface area contributed by atoms with Gasteiger partial charge in [-0.25, -0.2) is 0 Å². The topological polar surface area (TPSA) is 132 Å². The zero-order valence-corrected chi connectivity index (χ0v) is 9.90. The zero-order valence-electron chi connectivity index (χ0n) is 9.90. The van der Waals surface area contributed by atoms with Crippen molar-refractivity contribution in [3.05, 3.63) is 38.8 Å². The fourth-order valence-electron chi connectivity index (χ4n) is 1.25. The second kappa shape index (κ2) is 5.76. The quantitative estimate of drug-likeness (QED) is 0.539. The Labute approximate surface area is 106 Å². The van der Waals surface area contributed by atoms with Crippen LogP contribution in [0.25, 0.3) is 0 Å². The molecule has 1 heterocycles. The third-order valence-electron chi connectivity index (χ3n) is 2.24. The Morgan fingerprint density at radius 3 is 2.68 bits per heavy atom. The first-order chi connectivity index (χ1) is 8.81. The van der Waals surface area contributed by atoms with Gasteiger partial charge in [0.05, 0.1) is 11.1 Å². The molecule has 0 saturated heterocycles. The van der Waals surface area contributed by atoms with Crippen LogP contribution in [0.2, 0.25) is 0 Å². The van der Waals surface area contributed by atoms with Gasteiger partial charge >= 0.3 is 5.97 Å². The highest BCUT2D eigenvalue weighted by molar-refractivity contribution is 5.83. The molecule has 0 fully saturated rings. The van der Waals surface area contributed by atoms with Crippen LogP contribution in [0.1, 0.15) is 6.92 Å². The van der Waals surface area contributed by atoms with Crippen molar-refractivity contribution in [3.63, 3.8) is 0 Å². The maximum atomic E-state index is 11.5. The van der Waals surface area contributed by atoms with Gasteiger partial charge in [0, 0.05) is 12.1 Å².